The van der Waals surface area contributed by atoms with Gasteiger partial charge in [-0.2, -0.15) is 0 Å². The topological polar surface area (TPSA) is 98.2 Å². The lowest BCUT2D eigenvalue weighted by Gasteiger charge is -2.30. The lowest BCUT2D eigenvalue weighted by atomic mass is 10.1. The first-order valence-electron chi connectivity index (χ1n) is 12.9. The molecule has 1 aliphatic heterocycles. The summed E-state index contributed by atoms with van der Waals surface area (Å²) >= 11 is 0. The second-order valence-electron chi connectivity index (χ2n) is 9.75. The maximum absolute atomic E-state index is 13.2. The van der Waals surface area contributed by atoms with Crippen LogP contribution in [0.3, 0.4) is 0 Å². The molecule has 0 spiro atoms. The van der Waals surface area contributed by atoms with Gasteiger partial charge in [-0.15, -0.1) is 5.10 Å². The Bertz CT molecular complexity index is 1390. The number of nitrogens with one attached hydrogen (secondary N) is 1. The van der Waals surface area contributed by atoms with Gasteiger partial charge in [0, 0.05) is 31.3 Å². The molecule has 0 amide bonds. The number of pyridine rings is 1. The molecule has 3 heterocycles. The van der Waals surface area contributed by atoms with Gasteiger partial charge in [0.2, 0.25) is 0 Å². The summed E-state index contributed by atoms with van der Waals surface area (Å²) in [5, 5.41) is 13.7. The summed E-state index contributed by atoms with van der Waals surface area (Å²) in [4.78, 5) is 18.5. The fourth-order valence-electron chi connectivity index (χ4n) is 5.06. The van der Waals surface area contributed by atoms with Gasteiger partial charge in [0.25, 0.3) is 5.56 Å². The molecule has 2 aromatic carbocycles. The number of H-pyrrole nitrogens is 1. The van der Waals surface area contributed by atoms with Crippen LogP contribution in [0.5, 0.6) is 5.75 Å². The van der Waals surface area contributed by atoms with Gasteiger partial charge in [0.15, 0.2) is 5.82 Å². The minimum atomic E-state index is -0.108. The highest BCUT2D eigenvalue weighted by Gasteiger charge is 2.28. The van der Waals surface area contributed by atoms with E-state index >= 15 is 0 Å². The third kappa shape index (κ3) is 5.73. The Morgan fingerprint density at radius 2 is 2.03 bits per heavy atom. The summed E-state index contributed by atoms with van der Waals surface area (Å²) in [5.74, 6) is 1.51. The summed E-state index contributed by atoms with van der Waals surface area (Å²) in [6.07, 6.45) is 3.00. The van der Waals surface area contributed by atoms with Crippen molar-refractivity contribution in [3.8, 4) is 5.75 Å². The molecule has 0 aliphatic carbocycles. The highest BCUT2D eigenvalue weighted by molar-refractivity contribution is 5.80. The smallest absolute Gasteiger partial charge is 0.252 e. The van der Waals surface area contributed by atoms with Crippen molar-refractivity contribution in [2.75, 3.05) is 13.7 Å². The number of fused-ring (bicyclic) bond motifs is 1. The first-order valence-corrected chi connectivity index (χ1v) is 12.9. The number of aryl methyl sites for hydroxylation is 1. The predicted molar refractivity (Wildman–Crippen MR) is 141 cm³/mol. The quantitative estimate of drug-likeness (QED) is 0.348. The largest absolute Gasteiger partial charge is 0.497 e. The number of ether oxygens (including phenoxy) is 2. The van der Waals surface area contributed by atoms with E-state index in [1.54, 1.807) is 7.11 Å². The normalized spacial score (nSPS) is 16.5. The molecule has 4 aromatic rings. The van der Waals surface area contributed by atoms with Crippen molar-refractivity contribution in [1.29, 1.82) is 0 Å². The van der Waals surface area contributed by atoms with E-state index in [-0.39, 0.29) is 17.7 Å². The van der Waals surface area contributed by atoms with Crippen LogP contribution in [-0.4, -0.2) is 49.9 Å². The van der Waals surface area contributed by atoms with Crippen molar-refractivity contribution in [1.82, 2.24) is 30.1 Å². The molecule has 37 heavy (non-hydrogen) atoms. The summed E-state index contributed by atoms with van der Waals surface area (Å²) in [6, 6.07) is 16.1. The Balaban J connectivity index is 1.49. The standard InChI is InChI=1S/C28H34N6O3/c1-4-26(27-30-31-32-34(27)18-24-6-5-13-37-24)33(16-20-9-7-19(2)8-10-20)17-22-14-21-11-12-23(36-3)15-25(21)29-28(22)35/h7-12,14-15,24,26H,4-6,13,16-18H2,1-3H3,(H,29,35)/t24-,26+/m0/s1. The van der Waals surface area contributed by atoms with E-state index in [1.807, 2.05) is 28.9 Å². The Morgan fingerprint density at radius 1 is 1.19 bits per heavy atom. The Labute approximate surface area is 216 Å². The zero-order chi connectivity index (χ0) is 25.8. The van der Waals surface area contributed by atoms with Crippen LogP contribution in [0.15, 0.2) is 53.3 Å². The third-order valence-electron chi connectivity index (χ3n) is 7.10. The number of methoxy groups -OCH3 is 1. The fourth-order valence-corrected chi connectivity index (χ4v) is 5.06. The van der Waals surface area contributed by atoms with Crippen molar-refractivity contribution >= 4 is 10.9 Å². The van der Waals surface area contributed by atoms with Crippen molar-refractivity contribution in [2.45, 2.75) is 64.9 Å². The first kappa shape index (κ1) is 25.1. The Morgan fingerprint density at radius 3 is 2.76 bits per heavy atom. The number of benzene rings is 2. The van der Waals surface area contributed by atoms with Gasteiger partial charge in [-0.25, -0.2) is 4.68 Å². The van der Waals surface area contributed by atoms with Crippen molar-refractivity contribution in [2.24, 2.45) is 0 Å². The summed E-state index contributed by atoms with van der Waals surface area (Å²) in [6.45, 7) is 6.75. The molecule has 0 radical (unpaired) electrons. The van der Waals surface area contributed by atoms with Gasteiger partial charge < -0.3 is 14.5 Å². The third-order valence-corrected chi connectivity index (χ3v) is 7.10. The van der Waals surface area contributed by atoms with Gasteiger partial charge in [-0.3, -0.25) is 9.69 Å². The van der Waals surface area contributed by atoms with E-state index in [1.165, 1.54) is 11.1 Å². The molecule has 0 bridgehead atoms. The second kappa shape index (κ2) is 11.2. The van der Waals surface area contributed by atoms with Crippen LogP contribution in [0, 0.1) is 6.92 Å². The maximum Gasteiger partial charge on any atom is 0.252 e. The van der Waals surface area contributed by atoms with E-state index in [9.17, 15) is 4.79 Å². The molecule has 2 atom stereocenters. The number of hydrogen-bond donors (Lipinski definition) is 1. The highest BCUT2D eigenvalue weighted by Crippen LogP contribution is 2.28. The number of tetrazole rings is 1. The molecule has 0 saturated carbocycles. The summed E-state index contributed by atoms with van der Waals surface area (Å²) in [7, 11) is 1.62. The number of aromatic nitrogens is 5. The van der Waals surface area contributed by atoms with Crippen LogP contribution < -0.4 is 10.3 Å². The molecular weight excluding hydrogens is 468 g/mol. The summed E-state index contributed by atoms with van der Waals surface area (Å²) < 4.78 is 13.0. The number of hydrogen-bond acceptors (Lipinski definition) is 7. The first-order chi connectivity index (χ1) is 18.0. The zero-order valence-electron chi connectivity index (χ0n) is 21.7. The lowest BCUT2D eigenvalue weighted by molar-refractivity contribution is 0.0888. The predicted octanol–water partition coefficient (Wildman–Crippen LogP) is 4.16. The minimum absolute atomic E-state index is 0.0799. The van der Waals surface area contributed by atoms with Crippen LogP contribution in [0.1, 0.15) is 54.7 Å². The van der Waals surface area contributed by atoms with Gasteiger partial charge in [-0.05, 0) is 65.8 Å². The highest BCUT2D eigenvalue weighted by atomic mass is 16.5. The number of rotatable bonds is 10. The van der Waals surface area contributed by atoms with Crippen LogP contribution in [-0.2, 0) is 24.4 Å². The second-order valence-corrected chi connectivity index (χ2v) is 9.75. The van der Waals surface area contributed by atoms with Gasteiger partial charge >= 0.3 is 0 Å². The van der Waals surface area contributed by atoms with Crippen LogP contribution in [0.2, 0.25) is 0 Å². The van der Waals surface area contributed by atoms with E-state index in [0.29, 0.717) is 30.9 Å². The van der Waals surface area contributed by atoms with Crippen LogP contribution in [0.25, 0.3) is 10.9 Å². The Kier molecular flexibility index (Phi) is 7.62. The number of aromatic amines is 1. The molecule has 5 rings (SSSR count). The van der Waals surface area contributed by atoms with E-state index in [2.05, 4.69) is 63.5 Å². The molecular formula is C28H34N6O3. The molecule has 1 saturated heterocycles. The Hall–Kier alpha value is -3.56. The SMILES string of the molecule is CC[C@H](c1nnnn1C[C@@H]1CCCO1)N(Cc1ccc(C)cc1)Cc1cc2ccc(OC)cc2[nH]c1=O. The molecule has 9 heteroatoms. The molecule has 1 fully saturated rings. The van der Waals surface area contributed by atoms with Gasteiger partial charge in [-0.1, -0.05) is 36.8 Å². The van der Waals surface area contributed by atoms with Crippen LogP contribution >= 0.6 is 0 Å². The van der Waals surface area contributed by atoms with E-state index in [4.69, 9.17) is 9.47 Å². The van der Waals surface area contributed by atoms with Crippen LogP contribution in [0.4, 0.5) is 0 Å². The van der Waals surface area contributed by atoms with Crippen molar-refractivity contribution < 1.29 is 9.47 Å². The molecule has 0 unspecified atom stereocenters. The average Bonchev–Trinajstić information content (AvgIpc) is 3.59. The molecule has 194 valence electrons. The molecule has 1 N–H and O–H groups in total. The zero-order valence-corrected chi connectivity index (χ0v) is 21.7. The van der Waals surface area contributed by atoms with E-state index < -0.39 is 0 Å². The molecule has 9 nitrogen and oxygen atoms in total. The van der Waals surface area contributed by atoms with Gasteiger partial charge in [0.1, 0.15) is 5.75 Å². The minimum Gasteiger partial charge on any atom is -0.497 e. The maximum atomic E-state index is 13.2. The monoisotopic (exact) mass is 502 g/mol. The van der Waals surface area contributed by atoms with Crippen molar-refractivity contribution in [3.63, 3.8) is 0 Å². The number of nitrogens with zero attached hydrogens (tertiary/aromatic N) is 5. The van der Waals surface area contributed by atoms with Gasteiger partial charge in [0.05, 0.1) is 31.3 Å². The fraction of sp³-hybridized carbons (Fsp3) is 0.429. The molecule has 2 aromatic heterocycles. The van der Waals surface area contributed by atoms with Crippen molar-refractivity contribution in [3.05, 3.63) is 81.4 Å². The molecule has 1 aliphatic rings. The lowest BCUT2D eigenvalue weighted by Crippen LogP contribution is -2.33. The summed E-state index contributed by atoms with van der Waals surface area (Å²) in [5.41, 5.74) is 3.73. The van der Waals surface area contributed by atoms with E-state index in [0.717, 1.165) is 42.6 Å². The average molecular weight is 503 g/mol.